The molecule has 5 nitrogen and oxygen atoms in total. The summed E-state index contributed by atoms with van der Waals surface area (Å²) in [7, 11) is 1.10. The zero-order valence-corrected chi connectivity index (χ0v) is 10.7. The third-order valence-corrected chi connectivity index (χ3v) is 3.24. The maximum atomic E-state index is 9.15. The van der Waals surface area contributed by atoms with Crippen molar-refractivity contribution in [1.29, 1.82) is 0 Å². The molecule has 0 aromatic heterocycles. The second-order valence-electron chi connectivity index (χ2n) is 4.50. The van der Waals surface area contributed by atoms with E-state index < -0.39 is 6.16 Å². The summed E-state index contributed by atoms with van der Waals surface area (Å²) in [5.41, 5.74) is 0. The molecule has 2 fully saturated rings. The number of hydrogen-bond donors (Lipinski definition) is 1. The van der Waals surface area contributed by atoms with E-state index in [1.54, 1.807) is 0 Å². The normalized spacial score (nSPS) is 22.4. The van der Waals surface area contributed by atoms with Gasteiger partial charge < -0.3 is 9.84 Å². The van der Waals surface area contributed by atoms with E-state index in [0.717, 1.165) is 7.11 Å². The molecule has 17 heavy (non-hydrogen) atoms. The van der Waals surface area contributed by atoms with Gasteiger partial charge in [-0.25, -0.2) is 14.8 Å². The van der Waals surface area contributed by atoms with Gasteiger partial charge in [-0.1, -0.05) is 12.8 Å². The fraction of sp³-hybridized carbons (Fsp3) is 0.917. The average Bonchev–Trinajstić information content (AvgIpc) is 2.41. The van der Waals surface area contributed by atoms with E-state index in [9.17, 15) is 0 Å². The van der Waals surface area contributed by atoms with E-state index in [1.807, 2.05) is 0 Å². The summed E-state index contributed by atoms with van der Waals surface area (Å²) >= 11 is 0. The summed E-state index contributed by atoms with van der Waals surface area (Å²) in [6.07, 6.45) is 7.30. The van der Waals surface area contributed by atoms with E-state index >= 15 is 0 Å². The molecule has 1 N–H and O–H groups in total. The monoisotopic (exact) mass is 244 g/mol. The zero-order valence-electron chi connectivity index (χ0n) is 10.7. The first-order chi connectivity index (χ1) is 8.24. The molecule has 5 heteroatoms. The summed E-state index contributed by atoms with van der Waals surface area (Å²) in [4.78, 5) is 9.15. The number of piperidine rings is 2. The highest BCUT2D eigenvalue weighted by Gasteiger charge is 2.19. The minimum Gasteiger partial charge on any atom is -0.450 e. The van der Waals surface area contributed by atoms with Crippen molar-refractivity contribution in [2.75, 3.05) is 33.3 Å². The smallest absolute Gasteiger partial charge is 0.450 e. The van der Waals surface area contributed by atoms with Crippen LogP contribution in [0.1, 0.15) is 38.5 Å². The van der Waals surface area contributed by atoms with Crippen LogP contribution in [0.25, 0.3) is 0 Å². The quantitative estimate of drug-likeness (QED) is 0.716. The second kappa shape index (κ2) is 8.31. The van der Waals surface area contributed by atoms with Crippen molar-refractivity contribution in [3.8, 4) is 0 Å². The lowest BCUT2D eigenvalue weighted by Crippen LogP contribution is -2.47. The molecule has 0 unspecified atom stereocenters. The first-order valence-electron chi connectivity index (χ1n) is 6.51. The van der Waals surface area contributed by atoms with Crippen LogP contribution in [0, 0.1) is 0 Å². The predicted molar refractivity (Wildman–Crippen MR) is 65.9 cm³/mol. The Morgan fingerprint density at radius 2 is 1.18 bits per heavy atom. The average molecular weight is 244 g/mol. The van der Waals surface area contributed by atoms with Crippen molar-refractivity contribution in [2.45, 2.75) is 38.5 Å². The van der Waals surface area contributed by atoms with Gasteiger partial charge in [0.15, 0.2) is 0 Å². The molecule has 0 aromatic carbocycles. The van der Waals surface area contributed by atoms with Crippen LogP contribution in [0.5, 0.6) is 0 Å². The molecule has 0 aromatic rings. The molecule has 2 aliphatic rings. The van der Waals surface area contributed by atoms with Gasteiger partial charge in [-0.3, -0.25) is 0 Å². The van der Waals surface area contributed by atoms with Gasteiger partial charge in [-0.2, -0.15) is 0 Å². The molecular formula is C12H24N2O3. The summed E-state index contributed by atoms with van der Waals surface area (Å²) in [6, 6.07) is 0. The van der Waals surface area contributed by atoms with Crippen molar-refractivity contribution in [2.24, 2.45) is 0 Å². The number of nitrogens with zero attached hydrogens (tertiary/aromatic N) is 2. The van der Waals surface area contributed by atoms with Gasteiger partial charge in [0, 0.05) is 26.2 Å². The Kier molecular flexibility index (Phi) is 6.96. The van der Waals surface area contributed by atoms with Gasteiger partial charge >= 0.3 is 6.16 Å². The van der Waals surface area contributed by atoms with E-state index in [0.29, 0.717) is 0 Å². The molecule has 0 radical (unpaired) electrons. The minimum absolute atomic E-state index is 1.10. The topological polar surface area (TPSA) is 53.0 Å². The molecule has 2 saturated heterocycles. The SMILES string of the molecule is C1CCN(N2CCCCC2)CC1.COC(=O)O. The second-order valence-corrected chi connectivity index (χ2v) is 4.50. The molecule has 0 saturated carbocycles. The number of methoxy groups -OCH3 is 1. The van der Waals surface area contributed by atoms with Crippen molar-refractivity contribution < 1.29 is 14.6 Å². The standard InChI is InChI=1S/C10H20N2.C2H4O3/c1-3-7-11(8-4-1)12-9-5-2-6-10-12;1-5-2(3)4/h1-10H2;1H3,(H,3,4). The number of hydrogen-bond acceptors (Lipinski definition) is 4. The third-order valence-electron chi connectivity index (χ3n) is 3.24. The third kappa shape index (κ3) is 5.89. The van der Waals surface area contributed by atoms with Gasteiger partial charge in [0.25, 0.3) is 0 Å². The lowest BCUT2D eigenvalue weighted by Gasteiger charge is -2.39. The van der Waals surface area contributed by atoms with Gasteiger partial charge in [0.05, 0.1) is 7.11 Å². The molecule has 2 heterocycles. The Morgan fingerprint density at radius 3 is 1.41 bits per heavy atom. The Bertz CT molecular complexity index is 196. The van der Waals surface area contributed by atoms with Gasteiger partial charge in [-0.15, -0.1) is 0 Å². The predicted octanol–water partition coefficient (Wildman–Crippen LogP) is 2.18. The number of ether oxygens (including phenoxy) is 1. The van der Waals surface area contributed by atoms with Crippen LogP contribution in [0.2, 0.25) is 0 Å². The van der Waals surface area contributed by atoms with E-state index in [-0.39, 0.29) is 0 Å². The number of hydrazine groups is 1. The van der Waals surface area contributed by atoms with Gasteiger partial charge in [0.2, 0.25) is 0 Å². The van der Waals surface area contributed by atoms with Crippen LogP contribution in [0.3, 0.4) is 0 Å². The van der Waals surface area contributed by atoms with Crippen molar-refractivity contribution in [3.05, 3.63) is 0 Å². The highest BCUT2D eigenvalue weighted by atomic mass is 16.6. The van der Waals surface area contributed by atoms with Crippen LogP contribution in [0.15, 0.2) is 0 Å². The lowest BCUT2D eigenvalue weighted by atomic mass is 10.1. The van der Waals surface area contributed by atoms with Crippen LogP contribution >= 0.6 is 0 Å². The first-order valence-corrected chi connectivity index (χ1v) is 6.51. The fourth-order valence-electron chi connectivity index (χ4n) is 2.32. The Hall–Kier alpha value is -0.810. The van der Waals surface area contributed by atoms with Crippen LogP contribution in [-0.2, 0) is 4.74 Å². The number of carboxylic acid groups (broad SMARTS) is 1. The Morgan fingerprint density at radius 1 is 0.882 bits per heavy atom. The van der Waals surface area contributed by atoms with E-state index in [2.05, 4.69) is 14.8 Å². The summed E-state index contributed by atoms with van der Waals surface area (Å²) < 4.78 is 3.67. The van der Waals surface area contributed by atoms with E-state index in [1.165, 1.54) is 64.7 Å². The number of rotatable bonds is 1. The maximum absolute atomic E-state index is 9.15. The summed E-state index contributed by atoms with van der Waals surface area (Å²) in [6.45, 7) is 5.28. The zero-order chi connectivity index (χ0) is 12.5. The largest absolute Gasteiger partial charge is 0.505 e. The maximum Gasteiger partial charge on any atom is 0.505 e. The molecule has 2 aliphatic heterocycles. The summed E-state index contributed by atoms with van der Waals surface area (Å²) in [5, 5.41) is 12.7. The number of carbonyl (C=O) groups is 1. The molecule has 0 bridgehead atoms. The lowest BCUT2D eigenvalue weighted by molar-refractivity contribution is -0.0518. The fourth-order valence-corrected chi connectivity index (χ4v) is 2.32. The highest BCUT2D eigenvalue weighted by Crippen LogP contribution is 2.16. The van der Waals surface area contributed by atoms with Crippen LogP contribution < -0.4 is 0 Å². The highest BCUT2D eigenvalue weighted by molar-refractivity contribution is 5.56. The Labute approximate surface area is 103 Å². The van der Waals surface area contributed by atoms with Crippen LogP contribution in [-0.4, -0.2) is 54.6 Å². The molecule has 0 spiro atoms. The molecule has 0 atom stereocenters. The molecular weight excluding hydrogens is 220 g/mol. The van der Waals surface area contributed by atoms with Crippen molar-refractivity contribution in [3.63, 3.8) is 0 Å². The summed E-state index contributed by atoms with van der Waals surface area (Å²) in [5.74, 6) is 0. The molecule has 100 valence electrons. The molecule has 0 aliphatic carbocycles. The first kappa shape index (κ1) is 14.3. The van der Waals surface area contributed by atoms with Crippen molar-refractivity contribution >= 4 is 6.16 Å². The van der Waals surface area contributed by atoms with Crippen LogP contribution in [0.4, 0.5) is 4.79 Å². The van der Waals surface area contributed by atoms with Gasteiger partial charge in [-0.05, 0) is 25.7 Å². The minimum atomic E-state index is -1.25. The van der Waals surface area contributed by atoms with Gasteiger partial charge in [0.1, 0.15) is 0 Å². The van der Waals surface area contributed by atoms with Crippen molar-refractivity contribution in [1.82, 2.24) is 10.0 Å². The molecule has 2 rings (SSSR count). The van der Waals surface area contributed by atoms with E-state index in [4.69, 9.17) is 9.90 Å². The Balaban J connectivity index is 0.000000249. The molecule has 0 amide bonds.